The van der Waals surface area contributed by atoms with Gasteiger partial charge in [-0.3, -0.25) is 4.79 Å². The molecule has 7 heteroatoms. The molecular formula is C24H29N5OS. The van der Waals surface area contributed by atoms with Crippen LogP contribution in [-0.2, 0) is 4.79 Å². The molecule has 0 radical (unpaired) electrons. The van der Waals surface area contributed by atoms with Crippen molar-refractivity contribution in [2.45, 2.75) is 32.7 Å². The first kappa shape index (κ1) is 20.2. The molecule has 162 valence electrons. The summed E-state index contributed by atoms with van der Waals surface area (Å²) < 4.78 is 0. The molecule has 6 nitrogen and oxygen atoms in total. The molecule has 2 saturated heterocycles. The van der Waals surface area contributed by atoms with Gasteiger partial charge in [0, 0.05) is 56.6 Å². The van der Waals surface area contributed by atoms with Crippen molar-refractivity contribution in [1.82, 2.24) is 14.9 Å². The number of fused-ring (bicyclic) bond motifs is 1. The van der Waals surface area contributed by atoms with Crippen LogP contribution in [0.2, 0.25) is 0 Å². The van der Waals surface area contributed by atoms with Gasteiger partial charge in [-0.1, -0.05) is 23.5 Å². The summed E-state index contributed by atoms with van der Waals surface area (Å²) in [5.74, 6) is 0.461. The number of aromatic nitrogens is 2. The second kappa shape index (κ2) is 8.46. The van der Waals surface area contributed by atoms with Crippen LogP contribution >= 0.6 is 11.3 Å². The Kier molecular flexibility index (Phi) is 5.52. The number of carbonyl (C=O) groups excluding carboxylic acids is 1. The van der Waals surface area contributed by atoms with Crippen molar-refractivity contribution in [3.63, 3.8) is 0 Å². The van der Waals surface area contributed by atoms with E-state index in [1.54, 1.807) is 11.3 Å². The lowest BCUT2D eigenvalue weighted by atomic mass is 9.95. The third kappa shape index (κ3) is 4.11. The molecule has 31 heavy (non-hydrogen) atoms. The van der Waals surface area contributed by atoms with E-state index in [1.165, 1.54) is 11.3 Å². The van der Waals surface area contributed by atoms with E-state index in [2.05, 4.69) is 57.8 Å². The number of carbonyl (C=O) groups is 1. The molecule has 5 rings (SSSR count). The van der Waals surface area contributed by atoms with Crippen LogP contribution in [0.15, 0.2) is 42.6 Å². The Morgan fingerprint density at radius 3 is 2.68 bits per heavy atom. The molecule has 1 amide bonds. The summed E-state index contributed by atoms with van der Waals surface area (Å²) in [5.41, 5.74) is 3.50. The lowest BCUT2D eigenvalue weighted by Crippen LogP contribution is -2.55. The van der Waals surface area contributed by atoms with Crippen LogP contribution in [0.1, 0.15) is 25.3 Å². The summed E-state index contributed by atoms with van der Waals surface area (Å²) in [6, 6.07) is 12.9. The SMILES string of the molecule is Cc1cccc(N2CCN(C(=O)C3CCN(c4nc5cccnc5s4)CC3)C[C@H]2C)c1. The maximum Gasteiger partial charge on any atom is 0.225 e. The van der Waals surface area contributed by atoms with Gasteiger partial charge in [-0.15, -0.1) is 0 Å². The molecule has 0 saturated carbocycles. The number of hydrogen-bond acceptors (Lipinski definition) is 6. The second-order valence-corrected chi connectivity index (χ2v) is 9.71. The van der Waals surface area contributed by atoms with E-state index in [4.69, 9.17) is 4.98 Å². The molecule has 2 aliphatic rings. The Morgan fingerprint density at radius 2 is 1.94 bits per heavy atom. The Balaban J connectivity index is 1.18. The van der Waals surface area contributed by atoms with Crippen LogP contribution in [0.5, 0.6) is 0 Å². The van der Waals surface area contributed by atoms with Crippen LogP contribution < -0.4 is 9.80 Å². The smallest absolute Gasteiger partial charge is 0.225 e. The number of aryl methyl sites for hydroxylation is 1. The fraction of sp³-hybridized carbons (Fsp3) is 0.458. The summed E-state index contributed by atoms with van der Waals surface area (Å²) in [6.45, 7) is 8.63. The monoisotopic (exact) mass is 435 g/mol. The lowest BCUT2D eigenvalue weighted by Gasteiger charge is -2.43. The normalized spacial score (nSPS) is 20.5. The van der Waals surface area contributed by atoms with E-state index >= 15 is 0 Å². The van der Waals surface area contributed by atoms with Crippen molar-refractivity contribution in [2.24, 2.45) is 5.92 Å². The van der Waals surface area contributed by atoms with Crippen LogP contribution in [0.4, 0.5) is 10.8 Å². The van der Waals surface area contributed by atoms with Gasteiger partial charge in [0.05, 0.1) is 0 Å². The first-order valence-electron chi connectivity index (χ1n) is 11.2. The quantitative estimate of drug-likeness (QED) is 0.623. The van der Waals surface area contributed by atoms with Crippen molar-refractivity contribution < 1.29 is 4.79 Å². The third-order valence-corrected chi connectivity index (χ3v) is 7.58. The van der Waals surface area contributed by atoms with Gasteiger partial charge in [-0.25, -0.2) is 9.97 Å². The predicted octanol–water partition coefficient (Wildman–Crippen LogP) is 3.95. The number of pyridine rings is 1. The lowest BCUT2D eigenvalue weighted by molar-refractivity contribution is -0.137. The van der Waals surface area contributed by atoms with Gasteiger partial charge < -0.3 is 14.7 Å². The Labute approximate surface area is 187 Å². The summed E-state index contributed by atoms with van der Waals surface area (Å²) in [4.78, 5) is 30.2. The van der Waals surface area contributed by atoms with Crippen molar-refractivity contribution >= 4 is 38.4 Å². The summed E-state index contributed by atoms with van der Waals surface area (Å²) in [5, 5.41) is 1.03. The Morgan fingerprint density at radius 1 is 1.10 bits per heavy atom. The third-order valence-electron chi connectivity index (χ3n) is 6.54. The van der Waals surface area contributed by atoms with Crippen LogP contribution in [0, 0.1) is 12.8 Å². The molecule has 0 bridgehead atoms. The molecule has 1 atom stereocenters. The van der Waals surface area contributed by atoms with Crippen molar-refractivity contribution in [1.29, 1.82) is 0 Å². The average Bonchev–Trinajstić information content (AvgIpc) is 3.23. The van der Waals surface area contributed by atoms with Gasteiger partial charge in [-0.05, 0) is 56.5 Å². The van der Waals surface area contributed by atoms with Gasteiger partial charge in [0.15, 0.2) is 5.13 Å². The molecule has 2 fully saturated rings. The van der Waals surface area contributed by atoms with E-state index < -0.39 is 0 Å². The van der Waals surface area contributed by atoms with Gasteiger partial charge in [0.25, 0.3) is 0 Å². The first-order valence-corrected chi connectivity index (χ1v) is 12.0. The van der Waals surface area contributed by atoms with Crippen molar-refractivity contribution in [2.75, 3.05) is 42.5 Å². The van der Waals surface area contributed by atoms with E-state index in [1.807, 2.05) is 18.3 Å². The number of thiazole rings is 1. The zero-order valence-electron chi connectivity index (χ0n) is 18.2. The van der Waals surface area contributed by atoms with Crippen molar-refractivity contribution in [3.8, 4) is 0 Å². The summed E-state index contributed by atoms with van der Waals surface area (Å²) >= 11 is 1.64. The number of nitrogens with zero attached hydrogens (tertiary/aromatic N) is 5. The molecule has 0 N–H and O–H groups in total. The van der Waals surface area contributed by atoms with Gasteiger partial charge in [0.1, 0.15) is 10.3 Å². The summed E-state index contributed by atoms with van der Waals surface area (Å²) in [6.07, 6.45) is 3.61. The fourth-order valence-corrected chi connectivity index (χ4v) is 5.78. The fourth-order valence-electron chi connectivity index (χ4n) is 4.82. The Bertz CT molecular complexity index is 1040. The minimum absolute atomic E-state index is 0.126. The number of piperazine rings is 1. The molecule has 1 aromatic carbocycles. The highest BCUT2D eigenvalue weighted by Crippen LogP contribution is 2.31. The molecule has 2 aliphatic heterocycles. The van der Waals surface area contributed by atoms with Crippen LogP contribution in [0.25, 0.3) is 10.3 Å². The minimum Gasteiger partial charge on any atom is -0.365 e. The Hall–Kier alpha value is -2.67. The molecule has 0 aliphatic carbocycles. The van der Waals surface area contributed by atoms with Crippen LogP contribution in [-0.4, -0.2) is 59.5 Å². The molecule has 3 aromatic rings. The maximum atomic E-state index is 13.2. The molecule has 0 spiro atoms. The largest absolute Gasteiger partial charge is 0.365 e. The van der Waals surface area contributed by atoms with E-state index in [9.17, 15) is 4.79 Å². The molecule has 0 unspecified atom stereocenters. The van der Waals surface area contributed by atoms with Crippen LogP contribution in [0.3, 0.4) is 0 Å². The highest BCUT2D eigenvalue weighted by molar-refractivity contribution is 7.21. The number of benzene rings is 1. The number of hydrogen-bond donors (Lipinski definition) is 0. The molecular weight excluding hydrogens is 406 g/mol. The molecule has 2 aromatic heterocycles. The zero-order valence-corrected chi connectivity index (χ0v) is 19.0. The van der Waals surface area contributed by atoms with Gasteiger partial charge in [0.2, 0.25) is 5.91 Å². The highest BCUT2D eigenvalue weighted by Gasteiger charge is 2.33. The van der Waals surface area contributed by atoms with E-state index in [0.29, 0.717) is 11.9 Å². The number of rotatable bonds is 3. The highest BCUT2D eigenvalue weighted by atomic mass is 32.1. The predicted molar refractivity (Wildman–Crippen MR) is 127 cm³/mol. The number of amides is 1. The number of anilines is 2. The minimum atomic E-state index is 0.126. The first-order chi connectivity index (χ1) is 15.1. The van der Waals surface area contributed by atoms with Crippen molar-refractivity contribution in [3.05, 3.63) is 48.2 Å². The van der Waals surface area contributed by atoms with E-state index in [0.717, 1.165) is 61.0 Å². The standard InChI is InChI=1S/C24H29N5OS/c1-17-5-3-6-20(15-17)29-14-13-28(16-18(29)2)23(30)19-8-11-27(12-9-19)24-26-21-7-4-10-25-22(21)31-24/h3-7,10,15,18-19H,8-9,11-14,16H2,1-2H3/t18-/m1/s1. The number of piperidine rings is 1. The second-order valence-electron chi connectivity index (χ2n) is 8.75. The average molecular weight is 436 g/mol. The molecule has 4 heterocycles. The van der Waals surface area contributed by atoms with Gasteiger partial charge in [-0.2, -0.15) is 0 Å². The summed E-state index contributed by atoms with van der Waals surface area (Å²) in [7, 11) is 0. The zero-order chi connectivity index (χ0) is 21.4. The van der Waals surface area contributed by atoms with Gasteiger partial charge >= 0.3 is 0 Å². The maximum absolute atomic E-state index is 13.2. The van der Waals surface area contributed by atoms with E-state index in [-0.39, 0.29) is 5.92 Å². The topological polar surface area (TPSA) is 52.6 Å².